The summed E-state index contributed by atoms with van der Waals surface area (Å²) in [5, 5.41) is 4.30. The predicted octanol–water partition coefficient (Wildman–Crippen LogP) is 1.28. The van der Waals surface area contributed by atoms with Crippen LogP contribution < -0.4 is 0 Å². The van der Waals surface area contributed by atoms with Crippen LogP contribution in [0.25, 0.3) is 5.52 Å². The summed E-state index contributed by atoms with van der Waals surface area (Å²) in [6.07, 6.45) is 6.33. The van der Waals surface area contributed by atoms with E-state index in [1.807, 2.05) is 29.3 Å². The molecule has 2 aliphatic rings. The van der Waals surface area contributed by atoms with Crippen molar-refractivity contribution in [3.63, 3.8) is 0 Å². The van der Waals surface area contributed by atoms with Gasteiger partial charge in [0.15, 0.2) is 0 Å². The monoisotopic (exact) mass is 315 g/mol. The van der Waals surface area contributed by atoms with Crippen molar-refractivity contribution < 1.29 is 14.3 Å². The lowest BCUT2D eigenvalue weighted by Crippen LogP contribution is -2.50. The second-order valence-electron chi connectivity index (χ2n) is 6.18. The van der Waals surface area contributed by atoms with E-state index in [9.17, 15) is 4.79 Å². The highest BCUT2D eigenvalue weighted by Crippen LogP contribution is 2.21. The van der Waals surface area contributed by atoms with E-state index >= 15 is 0 Å². The Morgan fingerprint density at radius 1 is 1.26 bits per heavy atom. The molecule has 4 heterocycles. The van der Waals surface area contributed by atoms with Gasteiger partial charge in [0.25, 0.3) is 0 Å². The Bertz CT molecular complexity index is 693. The first-order chi connectivity index (χ1) is 11.3. The predicted molar refractivity (Wildman–Crippen MR) is 84.2 cm³/mol. The van der Waals surface area contributed by atoms with E-state index < -0.39 is 0 Å². The third-order valence-corrected chi connectivity index (χ3v) is 4.67. The number of morpholine rings is 1. The van der Waals surface area contributed by atoms with Crippen LogP contribution in [0.2, 0.25) is 0 Å². The van der Waals surface area contributed by atoms with Gasteiger partial charge >= 0.3 is 0 Å². The highest BCUT2D eigenvalue weighted by atomic mass is 16.5. The first kappa shape index (κ1) is 14.7. The average molecular weight is 315 g/mol. The van der Waals surface area contributed by atoms with Gasteiger partial charge in [0.1, 0.15) is 6.10 Å². The topological polar surface area (TPSA) is 56.1 Å². The molecule has 0 bridgehead atoms. The standard InChI is InChI=1S/C17H21N3O3/c21-17(10-13-11-18-20-6-2-1-4-14(13)20)19-7-9-23-16(12-19)15-5-3-8-22-15/h1-2,4,6,11,15-16H,3,5,7-10,12H2. The Morgan fingerprint density at radius 3 is 3.04 bits per heavy atom. The summed E-state index contributed by atoms with van der Waals surface area (Å²) in [7, 11) is 0. The van der Waals surface area contributed by atoms with Gasteiger partial charge in [-0.05, 0) is 25.0 Å². The van der Waals surface area contributed by atoms with Crippen molar-refractivity contribution in [3.05, 3.63) is 36.2 Å². The molecule has 0 N–H and O–H groups in total. The number of carbonyl (C=O) groups excluding carboxylic acids is 1. The van der Waals surface area contributed by atoms with E-state index in [-0.39, 0.29) is 18.1 Å². The maximum Gasteiger partial charge on any atom is 0.227 e. The van der Waals surface area contributed by atoms with Crippen LogP contribution in [0.1, 0.15) is 18.4 Å². The van der Waals surface area contributed by atoms with Gasteiger partial charge in [0, 0.05) is 31.5 Å². The fraction of sp³-hybridized carbons (Fsp3) is 0.529. The molecule has 4 rings (SSSR count). The number of amides is 1. The molecule has 1 amide bonds. The summed E-state index contributed by atoms with van der Waals surface area (Å²) in [5.74, 6) is 0.134. The van der Waals surface area contributed by atoms with Crippen LogP contribution >= 0.6 is 0 Å². The van der Waals surface area contributed by atoms with Crippen LogP contribution in [-0.2, 0) is 20.7 Å². The molecule has 2 fully saturated rings. The second kappa shape index (κ2) is 6.29. The van der Waals surface area contributed by atoms with Crippen molar-refractivity contribution in [2.75, 3.05) is 26.3 Å². The molecular formula is C17H21N3O3. The van der Waals surface area contributed by atoms with E-state index in [4.69, 9.17) is 9.47 Å². The minimum absolute atomic E-state index is 0.0131. The Morgan fingerprint density at radius 2 is 2.17 bits per heavy atom. The van der Waals surface area contributed by atoms with Gasteiger partial charge < -0.3 is 14.4 Å². The van der Waals surface area contributed by atoms with E-state index in [0.717, 1.165) is 30.5 Å². The van der Waals surface area contributed by atoms with Crippen molar-refractivity contribution in [2.24, 2.45) is 0 Å². The molecule has 0 spiro atoms. The molecule has 2 aromatic heterocycles. The number of fused-ring (bicyclic) bond motifs is 1. The Balaban J connectivity index is 1.44. The van der Waals surface area contributed by atoms with Gasteiger partial charge in [-0.2, -0.15) is 5.10 Å². The lowest BCUT2D eigenvalue weighted by atomic mass is 10.1. The number of pyridine rings is 1. The summed E-state index contributed by atoms with van der Waals surface area (Å²) in [4.78, 5) is 14.6. The number of aromatic nitrogens is 2. The first-order valence-electron chi connectivity index (χ1n) is 8.23. The van der Waals surface area contributed by atoms with Crippen molar-refractivity contribution in [1.82, 2.24) is 14.5 Å². The van der Waals surface area contributed by atoms with Crippen LogP contribution in [0.15, 0.2) is 30.6 Å². The Kier molecular flexibility index (Phi) is 4.01. The SMILES string of the molecule is O=C(Cc1cnn2ccccc12)N1CCOC(C2CCCO2)C1. The molecule has 6 heteroatoms. The van der Waals surface area contributed by atoms with Crippen LogP contribution in [0.3, 0.4) is 0 Å². The number of carbonyl (C=O) groups is 1. The lowest BCUT2D eigenvalue weighted by Gasteiger charge is -2.35. The highest BCUT2D eigenvalue weighted by Gasteiger charge is 2.32. The molecule has 2 saturated heterocycles. The van der Waals surface area contributed by atoms with Crippen molar-refractivity contribution in [2.45, 2.75) is 31.5 Å². The van der Waals surface area contributed by atoms with Gasteiger partial charge in [-0.3, -0.25) is 4.79 Å². The van der Waals surface area contributed by atoms with Gasteiger partial charge in [-0.15, -0.1) is 0 Å². The molecular weight excluding hydrogens is 294 g/mol. The van der Waals surface area contributed by atoms with Crippen molar-refractivity contribution in [3.8, 4) is 0 Å². The fourth-order valence-electron chi connectivity index (χ4n) is 3.42. The van der Waals surface area contributed by atoms with Gasteiger partial charge in [0.2, 0.25) is 5.91 Å². The van der Waals surface area contributed by atoms with Crippen LogP contribution in [0.5, 0.6) is 0 Å². The number of rotatable bonds is 3. The smallest absolute Gasteiger partial charge is 0.227 e. The number of hydrogen-bond donors (Lipinski definition) is 0. The third-order valence-electron chi connectivity index (χ3n) is 4.67. The molecule has 0 radical (unpaired) electrons. The molecule has 23 heavy (non-hydrogen) atoms. The summed E-state index contributed by atoms with van der Waals surface area (Å²) in [5.41, 5.74) is 1.96. The Hall–Kier alpha value is -1.92. The molecule has 2 aliphatic heterocycles. The molecule has 0 aliphatic carbocycles. The number of nitrogens with zero attached hydrogens (tertiary/aromatic N) is 3. The second-order valence-corrected chi connectivity index (χ2v) is 6.18. The normalized spacial score (nSPS) is 25.1. The molecule has 2 unspecified atom stereocenters. The Labute approximate surface area is 135 Å². The van der Waals surface area contributed by atoms with Gasteiger partial charge in [-0.25, -0.2) is 4.52 Å². The largest absolute Gasteiger partial charge is 0.375 e. The van der Waals surface area contributed by atoms with Gasteiger partial charge in [-0.1, -0.05) is 6.07 Å². The molecule has 2 aromatic rings. The van der Waals surface area contributed by atoms with Crippen LogP contribution in [0, 0.1) is 0 Å². The number of hydrogen-bond acceptors (Lipinski definition) is 4. The van der Waals surface area contributed by atoms with E-state index in [1.165, 1.54) is 0 Å². The summed E-state index contributed by atoms with van der Waals surface area (Å²) >= 11 is 0. The van der Waals surface area contributed by atoms with E-state index in [1.54, 1.807) is 10.7 Å². The molecule has 6 nitrogen and oxygen atoms in total. The lowest BCUT2D eigenvalue weighted by molar-refractivity contribution is -0.144. The highest BCUT2D eigenvalue weighted by molar-refractivity contribution is 5.81. The van der Waals surface area contributed by atoms with Crippen molar-refractivity contribution in [1.29, 1.82) is 0 Å². The zero-order valence-electron chi connectivity index (χ0n) is 13.1. The fourth-order valence-corrected chi connectivity index (χ4v) is 3.42. The summed E-state index contributed by atoms with van der Waals surface area (Å²) in [6, 6.07) is 5.89. The van der Waals surface area contributed by atoms with Crippen molar-refractivity contribution >= 4 is 11.4 Å². The summed E-state index contributed by atoms with van der Waals surface area (Å²) < 4.78 is 13.3. The molecule has 122 valence electrons. The average Bonchev–Trinajstić information content (AvgIpc) is 3.25. The van der Waals surface area contributed by atoms with Gasteiger partial charge in [0.05, 0.1) is 30.8 Å². The van der Waals surface area contributed by atoms with E-state index in [2.05, 4.69) is 5.10 Å². The van der Waals surface area contributed by atoms with E-state index in [0.29, 0.717) is 26.1 Å². The van der Waals surface area contributed by atoms with Crippen LogP contribution in [0.4, 0.5) is 0 Å². The minimum Gasteiger partial charge on any atom is -0.375 e. The quantitative estimate of drug-likeness (QED) is 0.856. The zero-order valence-corrected chi connectivity index (χ0v) is 13.1. The number of ether oxygens (including phenoxy) is 2. The molecule has 0 saturated carbocycles. The first-order valence-corrected chi connectivity index (χ1v) is 8.23. The summed E-state index contributed by atoms with van der Waals surface area (Å²) in [6.45, 7) is 2.68. The maximum atomic E-state index is 12.7. The zero-order chi connectivity index (χ0) is 15.6. The molecule has 0 aromatic carbocycles. The molecule has 2 atom stereocenters. The minimum atomic E-state index is 0.0131. The maximum absolute atomic E-state index is 12.7. The third kappa shape index (κ3) is 2.96. The van der Waals surface area contributed by atoms with Crippen LogP contribution in [-0.4, -0.2) is 58.9 Å².